The van der Waals surface area contributed by atoms with Crippen LogP contribution in [-0.4, -0.2) is 16.5 Å². The van der Waals surface area contributed by atoms with Gasteiger partial charge in [-0.2, -0.15) is 0 Å². The molecule has 98 valence electrons. The van der Waals surface area contributed by atoms with Crippen LogP contribution in [0.5, 0.6) is 0 Å². The molecule has 0 heterocycles. The molecular formula is C14H16BrFO2. The van der Waals surface area contributed by atoms with Crippen molar-refractivity contribution in [1.82, 2.24) is 0 Å². The third-order valence-electron chi connectivity index (χ3n) is 3.57. The van der Waals surface area contributed by atoms with Gasteiger partial charge in [0, 0.05) is 10.9 Å². The molecule has 0 radical (unpaired) electrons. The van der Waals surface area contributed by atoms with Crippen LogP contribution < -0.4 is 0 Å². The molecule has 4 heteroatoms. The van der Waals surface area contributed by atoms with Crippen LogP contribution >= 0.6 is 15.9 Å². The van der Waals surface area contributed by atoms with Crippen LogP contribution in [0.4, 0.5) is 4.39 Å². The van der Waals surface area contributed by atoms with Gasteiger partial charge in [-0.1, -0.05) is 41.3 Å². The third kappa shape index (κ3) is 2.98. The second kappa shape index (κ2) is 5.49. The average molecular weight is 315 g/mol. The van der Waals surface area contributed by atoms with Crippen LogP contribution in [0.2, 0.25) is 0 Å². The number of carbonyl (C=O) groups excluding carboxylic acids is 1. The maximum atomic E-state index is 13.0. The fourth-order valence-electron chi connectivity index (χ4n) is 2.42. The van der Waals surface area contributed by atoms with Gasteiger partial charge in [0.25, 0.3) is 0 Å². The van der Waals surface area contributed by atoms with E-state index < -0.39 is 5.60 Å². The van der Waals surface area contributed by atoms with Gasteiger partial charge in [0.1, 0.15) is 11.4 Å². The van der Waals surface area contributed by atoms with Gasteiger partial charge < -0.3 is 5.11 Å². The first-order valence-electron chi connectivity index (χ1n) is 6.21. The molecule has 1 saturated carbocycles. The molecule has 1 aromatic carbocycles. The Kier molecular flexibility index (Phi) is 4.17. The molecule has 1 N–H and O–H groups in total. The van der Waals surface area contributed by atoms with Crippen molar-refractivity contribution in [1.29, 1.82) is 0 Å². The number of ketones is 1. The van der Waals surface area contributed by atoms with Gasteiger partial charge in [-0.05, 0) is 30.5 Å². The highest BCUT2D eigenvalue weighted by atomic mass is 79.9. The van der Waals surface area contributed by atoms with E-state index in [1.165, 1.54) is 12.1 Å². The molecule has 0 atom stereocenters. The van der Waals surface area contributed by atoms with Gasteiger partial charge in [0.15, 0.2) is 5.78 Å². The number of rotatable bonds is 3. The first kappa shape index (κ1) is 13.7. The number of hydrogen-bond donors (Lipinski definition) is 1. The summed E-state index contributed by atoms with van der Waals surface area (Å²) in [6.07, 6.45) is 4.11. The standard InChI is InChI=1S/C14H16BrFO2/c15-12-9-11(16)5-4-10(12)8-13(17)14(18)6-2-1-3-7-14/h4-5,9,18H,1-3,6-8H2. The highest BCUT2D eigenvalue weighted by molar-refractivity contribution is 9.10. The summed E-state index contributed by atoms with van der Waals surface area (Å²) < 4.78 is 13.5. The molecule has 0 spiro atoms. The van der Waals surface area contributed by atoms with Crippen LogP contribution in [0.3, 0.4) is 0 Å². The van der Waals surface area contributed by atoms with Gasteiger partial charge in [-0.15, -0.1) is 0 Å². The summed E-state index contributed by atoms with van der Waals surface area (Å²) in [5.74, 6) is -0.496. The lowest BCUT2D eigenvalue weighted by atomic mass is 9.80. The first-order valence-corrected chi connectivity index (χ1v) is 7.00. The van der Waals surface area contributed by atoms with Gasteiger partial charge in [-0.3, -0.25) is 4.79 Å². The first-order chi connectivity index (χ1) is 8.51. The lowest BCUT2D eigenvalue weighted by Crippen LogP contribution is -2.41. The summed E-state index contributed by atoms with van der Waals surface area (Å²) in [6.45, 7) is 0. The van der Waals surface area contributed by atoms with E-state index in [4.69, 9.17) is 0 Å². The second-order valence-electron chi connectivity index (χ2n) is 4.93. The van der Waals surface area contributed by atoms with E-state index in [1.807, 2.05) is 0 Å². The monoisotopic (exact) mass is 314 g/mol. The predicted molar refractivity (Wildman–Crippen MR) is 70.8 cm³/mol. The molecule has 18 heavy (non-hydrogen) atoms. The van der Waals surface area contributed by atoms with E-state index in [1.54, 1.807) is 6.07 Å². The minimum absolute atomic E-state index is 0.150. The summed E-state index contributed by atoms with van der Waals surface area (Å²) in [7, 11) is 0. The third-order valence-corrected chi connectivity index (χ3v) is 4.30. The topological polar surface area (TPSA) is 37.3 Å². The second-order valence-corrected chi connectivity index (χ2v) is 5.78. The lowest BCUT2D eigenvalue weighted by molar-refractivity contribution is -0.139. The van der Waals surface area contributed by atoms with E-state index in [9.17, 15) is 14.3 Å². The normalized spacial score (nSPS) is 18.6. The Morgan fingerprint density at radius 1 is 1.33 bits per heavy atom. The van der Waals surface area contributed by atoms with Crippen LogP contribution in [0, 0.1) is 5.82 Å². The van der Waals surface area contributed by atoms with Crippen molar-refractivity contribution >= 4 is 21.7 Å². The van der Waals surface area contributed by atoms with E-state index in [0.717, 1.165) is 24.8 Å². The van der Waals surface area contributed by atoms with Gasteiger partial charge in [-0.25, -0.2) is 4.39 Å². The van der Waals surface area contributed by atoms with E-state index in [-0.39, 0.29) is 18.0 Å². The zero-order chi connectivity index (χ0) is 13.2. The summed E-state index contributed by atoms with van der Waals surface area (Å²) in [4.78, 5) is 12.2. The van der Waals surface area contributed by atoms with Crippen molar-refractivity contribution in [2.24, 2.45) is 0 Å². The van der Waals surface area contributed by atoms with Crippen molar-refractivity contribution in [2.45, 2.75) is 44.1 Å². The van der Waals surface area contributed by atoms with Crippen LogP contribution in [0.25, 0.3) is 0 Å². The Morgan fingerprint density at radius 2 is 2.00 bits per heavy atom. The Bertz CT molecular complexity index is 453. The quantitative estimate of drug-likeness (QED) is 0.928. The molecule has 0 saturated heterocycles. The maximum Gasteiger partial charge on any atom is 0.168 e. The van der Waals surface area contributed by atoms with Gasteiger partial charge in [0.05, 0.1) is 0 Å². The Balaban J connectivity index is 2.11. The minimum Gasteiger partial charge on any atom is -0.382 e. The number of benzene rings is 1. The fourth-order valence-corrected chi connectivity index (χ4v) is 2.91. The molecule has 2 nitrogen and oxygen atoms in total. The van der Waals surface area contributed by atoms with Crippen molar-refractivity contribution in [3.05, 3.63) is 34.1 Å². The zero-order valence-electron chi connectivity index (χ0n) is 10.1. The number of aliphatic hydroxyl groups is 1. The lowest BCUT2D eigenvalue weighted by Gasteiger charge is -2.30. The molecule has 0 aliphatic heterocycles. The van der Waals surface area contributed by atoms with Crippen molar-refractivity contribution in [3.8, 4) is 0 Å². The number of halogens is 2. The fraction of sp³-hybridized carbons (Fsp3) is 0.500. The minimum atomic E-state index is -1.17. The SMILES string of the molecule is O=C(Cc1ccc(F)cc1Br)C1(O)CCCCC1. The summed E-state index contributed by atoms with van der Waals surface area (Å²) in [6, 6.07) is 4.26. The molecule has 1 aliphatic rings. The summed E-state index contributed by atoms with van der Waals surface area (Å²) in [5.41, 5.74) is -0.452. The smallest absolute Gasteiger partial charge is 0.168 e. The molecule has 0 amide bonds. The highest BCUT2D eigenvalue weighted by Crippen LogP contribution is 2.30. The van der Waals surface area contributed by atoms with E-state index in [2.05, 4.69) is 15.9 Å². The van der Waals surface area contributed by atoms with Crippen molar-refractivity contribution < 1.29 is 14.3 Å². The highest BCUT2D eigenvalue weighted by Gasteiger charge is 2.36. The zero-order valence-corrected chi connectivity index (χ0v) is 11.7. The summed E-state index contributed by atoms with van der Waals surface area (Å²) in [5, 5.41) is 10.3. The average Bonchev–Trinajstić information content (AvgIpc) is 2.33. The van der Waals surface area contributed by atoms with E-state index in [0.29, 0.717) is 17.3 Å². The summed E-state index contributed by atoms with van der Waals surface area (Å²) >= 11 is 3.24. The van der Waals surface area contributed by atoms with Gasteiger partial charge in [0.2, 0.25) is 0 Å². The number of hydrogen-bond acceptors (Lipinski definition) is 2. The predicted octanol–water partition coefficient (Wildman–Crippen LogP) is 3.40. The van der Waals surface area contributed by atoms with Crippen LogP contribution in [0.15, 0.2) is 22.7 Å². The molecule has 1 fully saturated rings. The number of Topliss-reactive ketones (excluding diaryl/α,β-unsaturated/α-hetero) is 1. The Hall–Kier alpha value is -0.740. The molecule has 0 unspecified atom stereocenters. The number of carbonyl (C=O) groups is 1. The molecule has 0 bridgehead atoms. The van der Waals surface area contributed by atoms with Gasteiger partial charge >= 0.3 is 0 Å². The van der Waals surface area contributed by atoms with E-state index >= 15 is 0 Å². The molecule has 2 rings (SSSR count). The maximum absolute atomic E-state index is 13.0. The Labute approximate surface area is 114 Å². The Morgan fingerprint density at radius 3 is 2.61 bits per heavy atom. The largest absolute Gasteiger partial charge is 0.382 e. The molecule has 1 aromatic rings. The molecular weight excluding hydrogens is 299 g/mol. The molecule has 0 aromatic heterocycles. The van der Waals surface area contributed by atoms with Crippen LogP contribution in [0.1, 0.15) is 37.7 Å². The molecule has 1 aliphatic carbocycles. The van der Waals surface area contributed by atoms with Crippen molar-refractivity contribution in [3.63, 3.8) is 0 Å². The van der Waals surface area contributed by atoms with Crippen molar-refractivity contribution in [2.75, 3.05) is 0 Å². The van der Waals surface area contributed by atoms with Crippen LogP contribution in [-0.2, 0) is 11.2 Å².